The Kier molecular flexibility index (Phi) is 2.97. The Balaban J connectivity index is 2.62. The Morgan fingerprint density at radius 3 is 2.50 bits per heavy atom. The van der Waals surface area contributed by atoms with Crippen molar-refractivity contribution in [3.63, 3.8) is 0 Å². The number of benzene rings is 2. The van der Waals surface area contributed by atoms with Crippen molar-refractivity contribution in [1.82, 2.24) is 0 Å². The summed E-state index contributed by atoms with van der Waals surface area (Å²) in [7, 11) is 0. The molecule has 0 radical (unpaired) electrons. The maximum atomic E-state index is 13.7. The van der Waals surface area contributed by atoms with Gasteiger partial charge in [0.1, 0.15) is 5.82 Å². The highest BCUT2D eigenvalue weighted by Gasteiger charge is 2.08. The quantitative estimate of drug-likeness (QED) is 0.780. The molecule has 1 nitrogen and oxygen atoms in total. The molecule has 0 aliphatic heterocycles. The number of aryl methyl sites for hydroxylation is 1. The van der Waals surface area contributed by atoms with Crippen LogP contribution in [-0.2, 0) is 0 Å². The largest absolute Gasteiger partial charge is 0.399 e. The molecular weight excluding hydrogens is 269 g/mol. The summed E-state index contributed by atoms with van der Waals surface area (Å²) in [6, 6.07) is 10.4. The van der Waals surface area contributed by atoms with Crippen molar-refractivity contribution < 1.29 is 4.39 Å². The minimum absolute atomic E-state index is 0.226. The van der Waals surface area contributed by atoms with Crippen molar-refractivity contribution in [3.05, 3.63) is 52.3 Å². The number of rotatable bonds is 1. The van der Waals surface area contributed by atoms with Crippen LogP contribution in [0.4, 0.5) is 10.1 Å². The van der Waals surface area contributed by atoms with Crippen molar-refractivity contribution in [2.75, 3.05) is 5.73 Å². The van der Waals surface area contributed by atoms with Gasteiger partial charge < -0.3 is 5.73 Å². The molecule has 2 N–H and O–H groups in total. The van der Waals surface area contributed by atoms with Crippen LogP contribution in [0.3, 0.4) is 0 Å². The number of nitrogens with two attached hydrogens (primary N) is 1. The van der Waals surface area contributed by atoms with Crippen molar-refractivity contribution in [2.24, 2.45) is 0 Å². The third-order valence-corrected chi connectivity index (χ3v) is 2.96. The van der Waals surface area contributed by atoms with Gasteiger partial charge in [-0.05, 0) is 48.4 Å². The molecule has 16 heavy (non-hydrogen) atoms. The lowest BCUT2D eigenvalue weighted by molar-refractivity contribution is 0.631. The average Bonchev–Trinajstić information content (AvgIpc) is 2.22. The molecule has 0 saturated carbocycles. The third kappa shape index (κ3) is 2.09. The molecule has 0 heterocycles. The molecule has 2 aromatic carbocycles. The molecule has 0 spiro atoms. The lowest BCUT2D eigenvalue weighted by atomic mass is 10.00. The molecule has 0 atom stereocenters. The second-order valence-corrected chi connectivity index (χ2v) is 4.61. The van der Waals surface area contributed by atoms with Gasteiger partial charge in [0.25, 0.3) is 0 Å². The van der Waals surface area contributed by atoms with Crippen molar-refractivity contribution >= 4 is 21.6 Å². The van der Waals surface area contributed by atoms with Gasteiger partial charge in [0.05, 0.1) is 0 Å². The van der Waals surface area contributed by atoms with Crippen molar-refractivity contribution in [2.45, 2.75) is 6.92 Å². The van der Waals surface area contributed by atoms with Crippen LogP contribution in [-0.4, -0.2) is 0 Å². The van der Waals surface area contributed by atoms with E-state index in [1.165, 1.54) is 6.07 Å². The summed E-state index contributed by atoms with van der Waals surface area (Å²) in [5.41, 5.74) is 8.79. The Morgan fingerprint density at radius 2 is 1.81 bits per heavy atom. The molecule has 2 aromatic rings. The molecule has 0 fully saturated rings. The van der Waals surface area contributed by atoms with Crippen LogP contribution in [0.5, 0.6) is 0 Å². The van der Waals surface area contributed by atoms with Gasteiger partial charge in [0.2, 0.25) is 0 Å². The Labute approximate surface area is 102 Å². The van der Waals surface area contributed by atoms with E-state index in [2.05, 4.69) is 15.9 Å². The van der Waals surface area contributed by atoms with Gasteiger partial charge in [-0.2, -0.15) is 0 Å². The smallest absolute Gasteiger partial charge is 0.131 e. The monoisotopic (exact) mass is 279 g/mol. The first kappa shape index (κ1) is 11.1. The SMILES string of the molecule is Cc1cc(N)ccc1-c1cc(Br)ccc1F. The fraction of sp³-hybridized carbons (Fsp3) is 0.0769. The van der Waals surface area contributed by atoms with Gasteiger partial charge in [0, 0.05) is 15.7 Å². The normalized spacial score (nSPS) is 10.4. The van der Waals surface area contributed by atoms with Gasteiger partial charge in [0.15, 0.2) is 0 Å². The van der Waals surface area contributed by atoms with Gasteiger partial charge in [-0.3, -0.25) is 0 Å². The van der Waals surface area contributed by atoms with E-state index < -0.39 is 0 Å². The van der Waals surface area contributed by atoms with E-state index in [0.717, 1.165) is 15.6 Å². The van der Waals surface area contributed by atoms with Crippen molar-refractivity contribution in [3.8, 4) is 11.1 Å². The van der Waals surface area contributed by atoms with E-state index in [-0.39, 0.29) is 5.82 Å². The van der Waals surface area contributed by atoms with Crippen LogP contribution < -0.4 is 5.73 Å². The summed E-state index contributed by atoms with van der Waals surface area (Å²) in [6.45, 7) is 1.92. The third-order valence-electron chi connectivity index (χ3n) is 2.47. The van der Waals surface area contributed by atoms with Gasteiger partial charge in [-0.25, -0.2) is 4.39 Å². The summed E-state index contributed by atoms with van der Waals surface area (Å²) in [5, 5.41) is 0. The molecule has 0 bridgehead atoms. The molecule has 0 saturated heterocycles. The summed E-state index contributed by atoms with van der Waals surface area (Å²) < 4.78 is 14.5. The minimum Gasteiger partial charge on any atom is -0.399 e. The molecule has 0 amide bonds. The van der Waals surface area contributed by atoms with E-state index in [1.54, 1.807) is 18.2 Å². The van der Waals surface area contributed by atoms with Crippen LogP contribution in [0.1, 0.15) is 5.56 Å². The van der Waals surface area contributed by atoms with Crippen LogP contribution in [0, 0.1) is 12.7 Å². The zero-order valence-corrected chi connectivity index (χ0v) is 10.4. The predicted molar refractivity (Wildman–Crippen MR) is 68.7 cm³/mol. The summed E-state index contributed by atoms with van der Waals surface area (Å²) in [6.07, 6.45) is 0. The zero-order chi connectivity index (χ0) is 11.7. The van der Waals surface area contributed by atoms with E-state index in [1.807, 2.05) is 19.1 Å². The Hall–Kier alpha value is -1.35. The molecule has 2 rings (SSSR count). The zero-order valence-electron chi connectivity index (χ0n) is 8.80. The summed E-state index contributed by atoms with van der Waals surface area (Å²) >= 11 is 3.34. The standard InChI is InChI=1S/C13H11BrFN/c1-8-6-10(16)3-4-11(8)12-7-9(14)2-5-13(12)15/h2-7H,16H2,1H3. The topological polar surface area (TPSA) is 26.0 Å². The molecule has 0 aromatic heterocycles. The molecule has 0 unspecified atom stereocenters. The second-order valence-electron chi connectivity index (χ2n) is 3.70. The highest BCUT2D eigenvalue weighted by molar-refractivity contribution is 9.10. The summed E-state index contributed by atoms with van der Waals surface area (Å²) in [5.74, 6) is -0.226. The average molecular weight is 280 g/mol. The first-order valence-electron chi connectivity index (χ1n) is 4.89. The van der Waals surface area contributed by atoms with Crippen LogP contribution >= 0.6 is 15.9 Å². The highest BCUT2D eigenvalue weighted by atomic mass is 79.9. The maximum absolute atomic E-state index is 13.7. The van der Waals surface area contributed by atoms with Gasteiger partial charge in [-0.15, -0.1) is 0 Å². The van der Waals surface area contributed by atoms with Crippen LogP contribution in [0.2, 0.25) is 0 Å². The predicted octanol–water partition coefficient (Wildman–Crippen LogP) is 4.15. The number of hydrogen-bond acceptors (Lipinski definition) is 1. The Morgan fingerprint density at radius 1 is 1.06 bits per heavy atom. The summed E-state index contributed by atoms with van der Waals surface area (Å²) in [4.78, 5) is 0. The fourth-order valence-corrected chi connectivity index (χ4v) is 2.05. The molecule has 0 aliphatic carbocycles. The lowest BCUT2D eigenvalue weighted by Gasteiger charge is -2.08. The van der Waals surface area contributed by atoms with E-state index in [9.17, 15) is 4.39 Å². The fourth-order valence-electron chi connectivity index (χ4n) is 1.69. The number of halogens is 2. The first-order valence-corrected chi connectivity index (χ1v) is 5.69. The lowest BCUT2D eigenvalue weighted by Crippen LogP contribution is -1.91. The van der Waals surface area contributed by atoms with E-state index in [0.29, 0.717) is 11.3 Å². The van der Waals surface area contributed by atoms with E-state index in [4.69, 9.17) is 5.73 Å². The van der Waals surface area contributed by atoms with Crippen LogP contribution in [0.15, 0.2) is 40.9 Å². The minimum atomic E-state index is -0.226. The molecule has 3 heteroatoms. The number of nitrogen functional groups attached to an aromatic ring is 1. The van der Waals surface area contributed by atoms with Gasteiger partial charge >= 0.3 is 0 Å². The van der Waals surface area contributed by atoms with Gasteiger partial charge in [-0.1, -0.05) is 22.0 Å². The van der Waals surface area contributed by atoms with Crippen molar-refractivity contribution in [1.29, 1.82) is 0 Å². The molecular formula is C13H11BrFN. The molecule has 82 valence electrons. The molecule has 0 aliphatic rings. The Bertz CT molecular complexity index is 537. The van der Waals surface area contributed by atoms with E-state index >= 15 is 0 Å². The number of hydrogen-bond donors (Lipinski definition) is 1. The number of anilines is 1. The highest BCUT2D eigenvalue weighted by Crippen LogP contribution is 2.29. The maximum Gasteiger partial charge on any atom is 0.131 e. The second kappa shape index (κ2) is 4.26. The first-order chi connectivity index (χ1) is 7.58. The van der Waals surface area contributed by atoms with Crippen LogP contribution in [0.25, 0.3) is 11.1 Å².